The maximum atomic E-state index is 5.67. The molecule has 2 aromatic carbocycles. The molecule has 0 aliphatic rings. The van der Waals surface area contributed by atoms with E-state index in [0.29, 0.717) is 0 Å². The summed E-state index contributed by atoms with van der Waals surface area (Å²) >= 11 is 3.10. The number of methoxy groups -OCH3 is 2. The minimum absolute atomic E-state index is 0. The van der Waals surface area contributed by atoms with E-state index in [-0.39, 0.29) is 14.9 Å². The SMILES string of the molecule is COc1cc(N=Nc2scc[n+]2C)ccc1N(C)CCCCCN(C)c1ccc(N=Nc2scc[n+]2C)cc1OC.[CH3-].[CH3-]. The van der Waals surface area contributed by atoms with Gasteiger partial charge in [-0.3, -0.25) is 0 Å². The summed E-state index contributed by atoms with van der Waals surface area (Å²) in [5, 5.41) is 23.1. The number of ether oxygens (including phenoxy) is 2. The molecule has 0 aliphatic heterocycles. The number of unbranched alkanes of at least 4 members (excludes halogenated alkanes) is 2. The van der Waals surface area contributed by atoms with E-state index in [1.54, 1.807) is 36.9 Å². The molecule has 0 aliphatic carbocycles. The average Bonchev–Trinajstić information content (AvgIpc) is 3.60. The third-order valence-corrected chi connectivity index (χ3v) is 8.33. The second-order valence-corrected chi connectivity index (χ2v) is 11.4. The van der Waals surface area contributed by atoms with Gasteiger partial charge in [-0.1, -0.05) is 0 Å². The molecule has 12 heteroatoms. The number of thiazole rings is 2. The van der Waals surface area contributed by atoms with Crippen LogP contribution in [0.1, 0.15) is 19.3 Å². The van der Waals surface area contributed by atoms with Crippen LogP contribution in [0.25, 0.3) is 0 Å². The van der Waals surface area contributed by atoms with Crippen LogP contribution in [0.4, 0.5) is 33.0 Å². The van der Waals surface area contributed by atoms with Gasteiger partial charge in [0.05, 0.1) is 49.9 Å². The minimum Gasteiger partial charge on any atom is -0.495 e. The summed E-state index contributed by atoms with van der Waals surface area (Å²) in [5.41, 5.74) is 3.61. The van der Waals surface area contributed by atoms with Crippen LogP contribution in [0.3, 0.4) is 0 Å². The van der Waals surface area contributed by atoms with Gasteiger partial charge in [0, 0.05) is 50.1 Å². The van der Waals surface area contributed by atoms with E-state index in [9.17, 15) is 0 Å². The lowest BCUT2D eigenvalue weighted by molar-refractivity contribution is -0.654. The van der Waals surface area contributed by atoms with Crippen molar-refractivity contribution in [2.45, 2.75) is 19.3 Å². The van der Waals surface area contributed by atoms with Crippen molar-refractivity contribution in [3.05, 3.63) is 74.4 Å². The summed E-state index contributed by atoms with van der Waals surface area (Å²) in [6.45, 7) is 1.86. The second kappa shape index (κ2) is 17.3. The maximum absolute atomic E-state index is 5.67. The largest absolute Gasteiger partial charge is 0.495 e. The number of rotatable bonds is 14. The summed E-state index contributed by atoms with van der Waals surface area (Å²) < 4.78 is 15.2. The van der Waals surface area contributed by atoms with E-state index in [4.69, 9.17) is 9.47 Å². The normalized spacial score (nSPS) is 10.9. The van der Waals surface area contributed by atoms with Crippen molar-refractivity contribution in [2.24, 2.45) is 34.6 Å². The Kier molecular flexibility index (Phi) is 14.2. The average molecular weight is 625 g/mol. The summed E-state index contributed by atoms with van der Waals surface area (Å²) in [6, 6.07) is 11.9. The Balaban J connectivity index is 0.00000323. The Hall–Kier alpha value is -3.90. The van der Waals surface area contributed by atoms with Crippen molar-refractivity contribution in [3.8, 4) is 11.5 Å². The van der Waals surface area contributed by atoms with Crippen molar-refractivity contribution < 1.29 is 18.6 Å². The van der Waals surface area contributed by atoms with Crippen molar-refractivity contribution in [3.63, 3.8) is 0 Å². The number of benzene rings is 2. The van der Waals surface area contributed by atoms with Crippen LogP contribution in [0.5, 0.6) is 11.5 Å². The topological polar surface area (TPSA) is 82.1 Å². The van der Waals surface area contributed by atoms with Gasteiger partial charge in [0.2, 0.25) is 0 Å². The lowest BCUT2D eigenvalue weighted by Gasteiger charge is -2.23. The van der Waals surface area contributed by atoms with Crippen LogP contribution in [0.2, 0.25) is 0 Å². The molecule has 10 nitrogen and oxygen atoms in total. The Labute approximate surface area is 264 Å². The number of azo groups is 2. The molecule has 4 rings (SSSR count). The molecule has 0 spiro atoms. The molecule has 2 heterocycles. The van der Waals surface area contributed by atoms with Crippen LogP contribution in [-0.4, -0.2) is 41.4 Å². The van der Waals surface area contributed by atoms with Crippen molar-refractivity contribution in [1.29, 1.82) is 0 Å². The molecular formula is C31H44N8O2S2. The molecule has 0 radical (unpaired) electrons. The quantitative estimate of drug-likeness (QED) is 0.0617. The van der Waals surface area contributed by atoms with Crippen molar-refractivity contribution in [1.82, 2.24) is 0 Å². The van der Waals surface area contributed by atoms with Gasteiger partial charge in [-0.05, 0) is 76.4 Å². The number of nitrogens with zero attached hydrogens (tertiary/aromatic N) is 8. The number of aryl methyl sites for hydroxylation is 2. The summed E-state index contributed by atoms with van der Waals surface area (Å²) in [5.74, 6) is 1.58. The van der Waals surface area contributed by atoms with E-state index in [1.807, 2.05) is 82.8 Å². The zero-order valence-electron chi connectivity index (χ0n) is 26.5. The lowest BCUT2D eigenvalue weighted by atomic mass is 10.2. The molecular weight excluding hydrogens is 581 g/mol. The molecule has 0 unspecified atom stereocenters. The van der Waals surface area contributed by atoms with E-state index in [0.717, 1.165) is 76.9 Å². The first-order valence-corrected chi connectivity index (χ1v) is 15.1. The molecule has 43 heavy (non-hydrogen) atoms. The molecule has 0 amide bonds. The van der Waals surface area contributed by atoms with Crippen LogP contribution in [0.15, 0.2) is 80.0 Å². The fraction of sp³-hybridized carbons (Fsp3) is 0.355. The van der Waals surface area contributed by atoms with Crippen LogP contribution >= 0.6 is 22.7 Å². The molecule has 0 atom stereocenters. The third-order valence-electron chi connectivity index (χ3n) is 6.66. The Morgan fingerprint density at radius 1 is 0.651 bits per heavy atom. The van der Waals surface area contributed by atoms with Gasteiger partial charge in [-0.2, -0.15) is 0 Å². The van der Waals surface area contributed by atoms with Gasteiger partial charge in [0.15, 0.2) is 0 Å². The number of hydrogen-bond acceptors (Lipinski definition) is 10. The lowest BCUT2D eigenvalue weighted by Crippen LogP contribution is -2.23. The predicted molar refractivity (Wildman–Crippen MR) is 179 cm³/mol. The van der Waals surface area contributed by atoms with Crippen molar-refractivity contribution >= 4 is 55.7 Å². The first kappa shape index (κ1) is 35.3. The zero-order valence-corrected chi connectivity index (χ0v) is 28.2. The fourth-order valence-electron chi connectivity index (χ4n) is 4.25. The van der Waals surface area contributed by atoms with Gasteiger partial charge in [0.1, 0.15) is 35.3 Å². The van der Waals surface area contributed by atoms with Gasteiger partial charge < -0.3 is 34.1 Å². The first-order chi connectivity index (χ1) is 19.9. The minimum atomic E-state index is 0. The van der Waals surface area contributed by atoms with Gasteiger partial charge >= 0.3 is 10.3 Å². The molecule has 0 bridgehead atoms. The third kappa shape index (κ3) is 9.55. The highest BCUT2D eigenvalue weighted by Gasteiger charge is 2.14. The number of hydrogen-bond donors (Lipinski definition) is 0. The van der Waals surface area contributed by atoms with Gasteiger partial charge in [0.25, 0.3) is 0 Å². The van der Waals surface area contributed by atoms with E-state index >= 15 is 0 Å². The molecule has 0 saturated carbocycles. The van der Waals surface area contributed by atoms with Gasteiger partial charge in [-0.25, -0.2) is 9.13 Å². The molecule has 4 aromatic rings. The van der Waals surface area contributed by atoms with Crippen LogP contribution in [-0.2, 0) is 14.1 Å². The van der Waals surface area contributed by atoms with Crippen LogP contribution < -0.4 is 28.4 Å². The predicted octanol–water partition coefficient (Wildman–Crippen LogP) is 7.95. The smallest absolute Gasteiger partial charge is 0.408 e. The van der Waals surface area contributed by atoms with E-state index in [1.165, 1.54) is 0 Å². The second-order valence-electron chi connectivity index (χ2n) is 9.61. The Morgan fingerprint density at radius 2 is 1.07 bits per heavy atom. The Bertz CT molecular complexity index is 1370. The molecule has 0 fully saturated rings. The highest BCUT2D eigenvalue weighted by Crippen LogP contribution is 2.34. The number of aromatic nitrogens is 2. The zero-order chi connectivity index (χ0) is 29.2. The van der Waals surface area contributed by atoms with E-state index in [2.05, 4.69) is 44.4 Å². The van der Waals surface area contributed by atoms with Crippen molar-refractivity contribution in [2.75, 3.05) is 51.2 Å². The monoisotopic (exact) mass is 624 g/mol. The summed E-state index contributed by atoms with van der Waals surface area (Å²) in [7, 11) is 11.5. The van der Waals surface area contributed by atoms with E-state index < -0.39 is 0 Å². The van der Waals surface area contributed by atoms with Gasteiger partial charge in [-0.15, -0.1) is 0 Å². The molecule has 2 aromatic heterocycles. The van der Waals surface area contributed by atoms with Crippen LogP contribution in [0, 0.1) is 14.9 Å². The Morgan fingerprint density at radius 3 is 1.42 bits per heavy atom. The number of anilines is 2. The fourth-order valence-corrected chi connectivity index (χ4v) is 5.61. The standard InChI is InChI=1S/C29H38N8O2S2.2CH3/c1-34(24-12-10-22(20-26(24)38-5)30-32-28-36(3)16-18-40-28)14-8-7-9-15-35(2)25-13-11-23(21-27(25)39-6)31-33-29-37(4)17-19-41-29;;/h10-13,16-21H,7-9,14-15H2,1-6H3;2*1H3/q+2;2*-1. The molecule has 0 N–H and O–H groups in total. The molecule has 0 saturated heterocycles. The first-order valence-electron chi connectivity index (χ1n) is 13.4. The summed E-state index contributed by atoms with van der Waals surface area (Å²) in [6.07, 6.45) is 7.17. The summed E-state index contributed by atoms with van der Waals surface area (Å²) in [4.78, 5) is 4.46. The highest BCUT2D eigenvalue weighted by molar-refractivity contribution is 7.13. The highest BCUT2D eigenvalue weighted by atomic mass is 32.1. The maximum Gasteiger partial charge on any atom is 0.408 e. The molecule has 232 valence electrons.